The number of nitriles is 1. The van der Waals surface area contributed by atoms with Crippen molar-refractivity contribution in [1.29, 1.82) is 5.26 Å². The van der Waals surface area contributed by atoms with Crippen molar-refractivity contribution in [2.24, 2.45) is 29.1 Å². The van der Waals surface area contributed by atoms with Crippen LogP contribution in [0.5, 0.6) is 0 Å². The van der Waals surface area contributed by atoms with E-state index in [1.54, 1.807) is 12.1 Å². The highest BCUT2D eigenvalue weighted by atomic mass is 32.2. The third-order valence-corrected chi connectivity index (χ3v) is 10.8. The Morgan fingerprint density at radius 1 is 1.09 bits per heavy atom. The minimum Gasteiger partial charge on any atom is -0.353 e. The Labute approximate surface area is 191 Å². The maximum absolute atomic E-state index is 13.1. The number of hydrogen-bond donors (Lipinski definition) is 1. The maximum Gasteiger partial charge on any atom is 0.244 e. The van der Waals surface area contributed by atoms with Crippen molar-refractivity contribution in [3.8, 4) is 6.07 Å². The van der Waals surface area contributed by atoms with Crippen LogP contribution in [-0.2, 0) is 14.8 Å². The van der Waals surface area contributed by atoms with E-state index in [-0.39, 0.29) is 33.7 Å². The molecule has 0 radical (unpaired) electrons. The molecule has 5 fully saturated rings. The Morgan fingerprint density at radius 2 is 1.66 bits per heavy atom. The highest BCUT2D eigenvalue weighted by molar-refractivity contribution is 7.89. The first-order valence-electron chi connectivity index (χ1n) is 12.1. The van der Waals surface area contributed by atoms with Crippen LogP contribution in [0.15, 0.2) is 29.2 Å². The highest BCUT2D eigenvalue weighted by Gasteiger charge is 2.53. The number of piperidine rings is 1. The summed E-state index contributed by atoms with van der Waals surface area (Å²) in [5.41, 5.74) is 0.437. The normalized spacial score (nSPS) is 33.6. The van der Waals surface area contributed by atoms with Crippen LogP contribution in [0.1, 0.15) is 63.9 Å². The van der Waals surface area contributed by atoms with E-state index >= 15 is 0 Å². The molecule has 4 saturated carbocycles. The van der Waals surface area contributed by atoms with Crippen molar-refractivity contribution in [2.45, 2.75) is 69.2 Å². The Balaban J connectivity index is 1.20. The SMILES string of the molecule is CC(NC(=O)C1CCN(S(=O)(=O)c2ccccc2C#N)CC1)C12CC3CC(CC(C3)C1)C2. The van der Waals surface area contributed by atoms with Gasteiger partial charge >= 0.3 is 0 Å². The van der Waals surface area contributed by atoms with Crippen LogP contribution in [0.25, 0.3) is 0 Å². The number of carbonyl (C=O) groups excluding carboxylic acids is 1. The summed E-state index contributed by atoms with van der Waals surface area (Å²) in [4.78, 5) is 13.2. The van der Waals surface area contributed by atoms with Crippen molar-refractivity contribution >= 4 is 15.9 Å². The third-order valence-electron chi connectivity index (χ3n) is 8.81. The van der Waals surface area contributed by atoms with Gasteiger partial charge in [0, 0.05) is 25.0 Å². The maximum atomic E-state index is 13.1. The van der Waals surface area contributed by atoms with Gasteiger partial charge in [0.2, 0.25) is 15.9 Å². The molecule has 4 bridgehead atoms. The first kappa shape index (κ1) is 21.9. The fraction of sp³-hybridized carbons (Fsp3) is 0.680. The minimum atomic E-state index is -3.73. The molecule has 7 heteroatoms. The van der Waals surface area contributed by atoms with Gasteiger partial charge in [-0.25, -0.2) is 8.42 Å². The molecule has 4 aliphatic carbocycles. The van der Waals surface area contributed by atoms with Crippen molar-refractivity contribution in [3.05, 3.63) is 29.8 Å². The summed E-state index contributed by atoms with van der Waals surface area (Å²) in [5.74, 6) is 2.49. The van der Waals surface area contributed by atoms with E-state index in [4.69, 9.17) is 0 Å². The molecule has 1 N–H and O–H groups in total. The fourth-order valence-electron chi connectivity index (χ4n) is 7.47. The zero-order chi connectivity index (χ0) is 22.5. The second-order valence-corrected chi connectivity index (χ2v) is 12.7. The Kier molecular flexibility index (Phi) is 5.58. The fourth-order valence-corrected chi connectivity index (χ4v) is 9.09. The van der Waals surface area contributed by atoms with Crippen LogP contribution in [0.3, 0.4) is 0 Å². The molecule has 1 saturated heterocycles. The lowest BCUT2D eigenvalue weighted by Gasteiger charge is -2.59. The van der Waals surface area contributed by atoms with Crippen LogP contribution < -0.4 is 5.32 Å². The van der Waals surface area contributed by atoms with Gasteiger partial charge in [-0.05, 0) is 93.6 Å². The molecule has 1 amide bonds. The predicted molar refractivity (Wildman–Crippen MR) is 121 cm³/mol. The monoisotopic (exact) mass is 455 g/mol. The number of rotatable bonds is 5. The molecule has 1 aliphatic heterocycles. The van der Waals surface area contributed by atoms with Gasteiger partial charge in [-0.3, -0.25) is 4.79 Å². The summed E-state index contributed by atoms with van der Waals surface area (Å²) in [5, 5.41) is 12.6. The first-order valence-corrected chi connectivity index (χ1v) is 13.5. The van der Waals surface area contributed by atoms with Crippen LogP contribution in [-0.4, -0.2) is 37.8 Å². The average molecular weight is 456 g/mol. The second kappa shape index (κ2) is 8.14. The molecule has 1 unspecified atom stereocenters. The molecule has 0 aromatic heterocycles. The molecule has 6 nitrogen and oxygen atoms in total. The Bertz CT molecular complexity index is 1000. The summed E-state index contributed by atoms with van der Waals surface area (Å²) in [6.07, 6.45) is 8.99. The molecule has 0 spiro atoms. The number of nitrogens with one attached hydrogen (secondary N) is 1. The van der Waals surface area contributed by atoms with Gasteiger partial charge in [-0.1, -0.05) is 12.1 Å². The number of hydrogen-bond acceptors (Lipinski definition) is 4. The smallest absolute Gasteiger partial charge is 0.244 e. The standard InChI is InChI=1S/C25H33N3O3S/c1-17(25-13-18-10-19(14-25)12-20(11-18)15-25)27-24(29)21-6-8-28(9-7-21)32(30,31)23-5-3-2-4-22(23)16-26/h2-5,17-21H,6-15H2,1H3,(H,27,29). The van der Waals surface area contributed by atoms with Crippen molar-refractivity contribution < 1.29 is 13.2 Å². The summed E-state index contributed by atoms with van der Waals surface area (Å²) < 4.78 is 27.5. The van der Waals surface area contributed by atoms with Crippen LogP contribution in [0.4, 0.5) is 0 Å². The van der Waals surface area contributed by atoms with Crippen molar-refractivity contribution in [3.63, 3.8) is 0 Å². The van der Waals surface area contributed by atoms with Crippen molar-refractivity contribution in [1.82, 2.24) is 9.62 Å². The zero-order valence-electron chi connectivity index (χ0n) is 18.8. The first-order chi connectivity index (χ1) is 15.3. The predicted octanol–water partition coefficient (Wildman–Crippen LogP) is 3.68. The van der Waals surface area contributed by atoms with E-state index in [0.29, 0.717) is 25.9 Å². The molecule has 1 aromatic carbocycles. The minimum absolute atomic E-state index is 0.0563. The molecular weight excluding hydrogens is 422 g/mol. The lowest BCUT2D eigenvalue weighted by atomic mass is 9.48. The van der Waals surface area contributed by atoms with Gasteiger partial charge < -0.3 is 5.32 Å². The van der Waals surface area contributed by atoms with Gasteiger partial charge in [0.25, 0.3) is 0 Å². The van der Waals surface area contributed by atoms with Crippen LogP contribution in [0.2, 0.25) is 0 Å². The third kappa shape index (κ3) is 3.76. The zero-order valence-corrected chi connectivity index (χ0v) is 19.6. The quantitative estimate of drug-likeness (QED) is 0.733. The summed E-state index contributed by atoms with van der Waals surface area (Å²) in [7, 11) is -3.73. The van der Waals surface area contributed by atoms with Crippen molar-refractivity contribution in [2.75, 3.05) is 13.1 Å². The molecule has 1 heterocycles. The number of amides is 1. The van der Waals surface area contributed by atoms with E-state index < -0.39 is 10.0 Å². The highest BCUT2D eigenvalue weighted by Crippen LogP contribution is 2.61. The van der Waals surface area contributed by atoms with Gasteiger partial charge in [-0.2, -0.15) is 9.57 Å². The van der Waals surface area contributed by atoms with E-state index in [0.717, 1.165) is 17.8 Å². The summed E-state index contributed by atoms with van der Waals surface area (Å²) in [6.45, 7) is 2.82. The molecular formula is C25H33N3O3S. The van der Waals surface area contributed by atoms with Crippen LogP contribution >= 0.6 is 0 Å². The van der Waals surface area contributed by atoms with E-state index in [9.17, 15) is 18.5 Å². The molecule has 172 valence electrons. The number of nitrogens with zero attached hydrogens (tertiary/aromatic N) is 2. The van der Waals surface area contributed by atoms with Gasteiger partial charge in [0.1, 0.15) is 6.07 Å². The number of benzene rings is 1. The van der Waals surface area contributed by atoms with Crippen LogP contribution in [0, 0.1) is 40.4 Å². The summed E-state index contributed by atoms with van der Waals surface area (Å²) >= 11 is 0. The van der Waals surface area contributed by atoms with Gasteiger partial charge in [0.05, 0.1) is 10.5 Å². The molecule has 1 aromatic rings. The van der Waals surface area contributed by atoms with Gasteiger partial charge in [-0.15, -0.1) is 0 Å². The van der Waals surface area contributed by atoms with E-state index in [1.807, 2.05) is 6.07 Å². The molecule has 5 aliphatic rings. The second-order valence-electron chi connectivity index (χ2n) is 10.8. The summed E-state index contributed by atoms with van der Waals surface area (Å²) in [6, 6.07) is 8.48. The Morgan fingerprint density at radius 3 is 2.22 bits per heavy atom. The number of sulfonamides is 1. The van der Waals surface area contributed by atoms with E-state index in [2.05, 4.69) is 12.2 Å². The Hall–Kier alpha value is -1.91. The molecule has 32 heavy (non-hydrogen) atoms. The lowest BCUT2D eigenvalue weighted by Crippen LogP contribution is -2.56. The lowest BCUT2D eigenvalue weighted by molar-refractivity contribution is -0.130. The largest absolute Gasteiger partial charge is 0.353 e. The number of carbonyl (C=O) groups is 1. The average Bonchev–Trinajstić information content (AvgIpc) is 2.78. The molecule has 1 atom stereocenters. The molecule has 6 rings (SSSR count). The van der Waals surface area contributed by atoms with Gasteiger partial charge in [0.15, 0.2) is 0 Å². The van der Waals surface area contributed by atoms with E-state index in [1.165, 1.54) is 55.0 Å². The topological polar surface area (TPSA) is 90.3 Å².